The molecule has 1 aliphatic carbocycles. The fourth-order valence-corrected chi connectivity index (χ4v) is 4.93. The highest BCUT2D eigenvalue weighted by Crippen LogP contribution is 2.38. The minimum Gasteiger partial charge on any atom is -0.376 e. The van der Waals surface area contributed by atoms with Gasteiger partial charge in [0, 0.05) is 30.6 Å². The third kappa shape index (κ3) is 3.01. The van der Waals surface area contributed by atoms with Gasteiger partial charge in [-0.15, -0.1) is 0 Å². The molecule has 3 saturated heterocycles. The third-order valence-corrected chi connectivity index (χ3v) is 6.35. The average molecular weight is 372 g/mol. The van der Waals surface area contributed by atoms with Crippen molar-refractivity contribution in [1.82, 2.24) is 4.90 Å². The van der Waals surface area contributed by atoms with E-state index < -0.39 is 5.60 Å². The summed E-state index contributed by atoms with van der Waals surface area (Å²) in [5, 5.41) is 13.9. The Labute approximate surface area is 165 Å². The van der Waals surface area contributed by atoms with E-state index >= 15 is 0 Å². The number of carbonyl (C=O) groups excluding carboxylic acids is 1. The van der Waals surface area contributed by atoms with Gasteiger partial charge in [0.05, 0.1) is 0 Å². The van der Waals surface area contributed by atoms with E-state index in [1.54, 1.807) is 0 Å². The Morgan fingerprint density at radius 2 is 1.86 bits per heavy atom. The maximum Gasteiger partial charge on any atom is 0.221 e. The molecule has 142 valence electrons. The lowest BCUT2D eigenvalue weighted by Gasteiger charge is -2.47. The van der Waals surface area contributed by atoms with Crippen molar-refractivity contribution in [2.24, 2.45) is 5.92 Å². The fourth-order valence-electron chi connectivity index (χ4n) is 4.93. The van der Waals surface area contributed by atoms with Crippen LogP contribution in [0.2, 0.25) is 0 Å². The largest absolute Gasteiger partial charge is 0.376 e. The van der Waals surface area contributed by atoms with Gasteiger partial charge in [0.2, 0.25) is 5.91 Å². The van der Waals surface area contributed by atoms with Crippen LogP contribution >= 0.6 is 0 Å². The minimum absolute atomic E-state index is 0.0568. The van der Waals surface area contributed by atoms with E-state index in [0.717, 1.165) is 43.6 Å². The standard InChI is InChI=1S/C24H24N2O2/c1-16(27)25-21-3-5-23-19(14-21)13-18-12-17(2-4-22(18)23)6-9-24(28)15-26-10-7-20(24)8-11-26/h2-5,12,14,20,28H,7-8,10-11,13,15H2,1H3,(H,25,27). The number of fused-ring (bicyclic) bond motifs is 6. The summed E-state index contributed by atoms with van der Waals surface area (Å²) in [6.07, 6.45) is 2.93. The first kappa shape index (κ1) is 17.5. The Morgan fingerprint density at radius 3 is 2.54 bits per heavy atom. The molecule has 3 aliphatic heterocycles. The molecule has 1 unspecified atom stereocenters. The molecule has 1 atom stereocenters. The van der Waals surface area contributed by atoms with Crippen LogP contribution in [0.3, 0.4) is 0 Å². The summed E-state index contributed by atoms with van der Waals surface area (Å²) in [6, 6.07) is 12.4. The smallest absolute Gasteiger partial charge is 0.221 e. The summed E-state index contributed by atoms with van der Waals surface area (Å²) in [5.41, 5.74) is 5.86. The van der Waals surface area contributed by atoms with Crippen LogP contribution in [-0.4, -0.2) is 41.1 Å². The highest BCUT2D eigenvalue weighted by atomic mass is 16.3. The summed E-state index contributed by atoms with van der Waals surface area (Å²) in [5.74, 6) is 6.70. The van der Waals surface area contributed by atoms with Crippen molar-refractivity contribution in [2.45, 2.75) is 31.8 Å². The lowest BCUT2D eigenvalue weighted by atomic mass is 9.76. The van der Waals surface area contributed by atoms with Crippen molar-refractivity contribution in [3.8, 4) is 23.0 Å². The van der Waals surface area contributed by atoms with E-state index in [4.69, 9.17) is 0 Å². The van der Waals surface area contributed by atoms with Crippen molar-refractivity contribution in [1.29, 1.82) is 0 Å². The lowest BCUT2D eigenvalue weighted by Crippen LogP contribution is -2.58. The number of rotatable bonds is 1. The molecule has 4 nitrogen and oxygen atoms in total. The third-order valence-electron chi connectivity index (χ3n) is 6.35. The first-order valence-electron chi connectivity index (χ1n) is 10.0. The quantitative estimate of drug-likeness (QED) is 0.646. The molecule has 4 aliphatic rings. The zero-order valence-electron chi connectivity index (χ0n) is 16.1. The van der Waals surface area contributed by atoms with E-state index in [1.807, 2.05) is 12.1 Å². The van der Waals surface area contributed by atoms with Gasteiger partial charge in [-0.3, -0.25) is 9.69 Å². The second kappa shape index (κ2) is 6.48. The zero-order valence-corrected chi connectivity index (χ0v) is 16.1. The summed E-state index contributed by atoms with van der Waals surface area (Å²) < 4.78 is 0. The van der Waals surface area contributed by atoms with Crippen molar-refractivity contribution >= 4 is 11.6 Å². The zero-order chi connectivity index (χ0) is 19.3. The average Bonchev–Trinajstić information content (AvgIpc) is 3.03. The first-order valence-corrected chi connectivity index (χ1v) is 10.0. The molecule has 0 saturated carbocycles. The summed E-state index contributed by atoms with van der Waals surface area (Å²) in [6.45, 7) is 4.38. The molecule has 3 heterocycles. The SMILES string of the molecule is CC(=O)Nc1ccc2c(c1)Cc1cc(C#CC3(O)CN4CCC3CC4)ccc1-2. The van der Waals surface area contributed by atoms with Gasteiger partial charge in [0.15, 0.2) is 0 Å². The van der Waals surface area contributed by atoms with Gasteiger partial charge in [-0.25, -0.2) is 0 Å². The maximum atomic E-state index is 11.3. The molecule has 0 radical (unpaired) electrons. The molecular formula is C24H24N2O2. The molecule has 28 heavy (non-hydrogen) atoms. The van der Waals surface area contributed by atoms with Gasteiger partial charge in [0.25, 0.3) is 0 Å². The molecule has 1 amide bonds. The van der Waals surface area contributed by atoms with Gasteiger partial charge < -0.3 is 10.4 Å². The predicted octanol–water partition coefficient (Wildman–Crippen LogP) is 3.02. The van der Waals surface area contributed by atoms with Crippen LogP contribution in [0.1, 0.15) is 36.5 Å². The normalized spacial score (nSPS) is 26.8. The lowest BCUT2D eigenvalue weighted by molar-refractivity contribution is -0.114. The van der Waals surface area contributed by atoms with Crippen LogP contribution in [0.25, 0.3) is 11.1 Å². The number of hydrogen-bond donors (Lipinski definition) is 2. The molecule has 2 bridgehead atoms. The maximum absolute atomic E-state index is 11.3. The Morgan fingerprint density at radius 1 is 1.14 bits per heavy atom. The second-order valence-corrected chi connectivity index (χ2v) is 8.33. The Bertz CT molecular complexity index is 1020. The molecule has 2 aromatic rings. The molecule has 0 aromatic heterocycles. The number of nitrogens with zero attached hydrogens (tertiary/aromatic N) is 1. The van der Waals surface area contributed by atoms with Crippen LogP contribution in [0.5, 0.6) is 0 Å². The highest BCUT2D eigenvalue weighted by molar-refractivity contribution is 5.90. The number of hydrogen-bond acceptors (Lipinski definition) is 3. The van der Waals surface area contributed by atoms with Crippen LogP contribution in [0.4, 0.5) is 5.69 Å². The van der Waals surface area contributed by atoms with Crippen LogP contribution in [0.15, 0.2) is 36.4 Å². The van der Waals surface area contributed by atoms with E-state index in [2.05, 4.69) is 46.3 Å². The first-order chi connectivity index (χ1) is 13.5. The van der Waals surface area contributed by atoms with Gasteiger partial charge in [-0.2, -0.15) is 0 Å². The highest BCUT2D eigenvalue weighted by Gasteiger charge is 2.44. The Hall–Kier alpha value is -2.61. The molecule has 0 spiro atoms. The molecule has 6 rings (SSSR count). The van der Waals surface area contributed by atoms with Crippen LogP contribution in [-0.2, 0) is 11.2 Å². The monoisotopic (exact) mass is 372 g/mol. The van der Waals surface area contributed by atoms with E-state index in [9.17, 15) is 9.90 Å². The van der Waals surface area contributed by atoms with Gasteiger partial charge in [0.1, 0.15) is 5.60 Å². The number of piperidine rings is 3. The van der Waals surface area contributed by atoms with Crippen molar-refractivity contribution in [2.75, 3.05) is 25.0 Å². The number of aliphatic hydroxyl groups is 1. The Kier molecular flexibility index (Phi) is 4.04. The van der Waals surface area contributed by atoms with Crippen LogP contribution < -0.4 is 5.32 Å². The summed E-state index contributed by atoms with van der Waals surface area (Å²) >= 11 is 0. The van der Waals surface area contributed by atoms with Gasteiger partial charge >= 0.3 is 0 Å². The van der Waals surface area contributed by atoms with Crippen molar-refractivity contribution in [3.05, 3.63) is 53.1 Å². The number of amides is 1. The molecular weight excluding hydrogens is 348 g/mol. The Balaban J connectivity index is 1.40. The van der Waals surface area contributed by atoms with Crippen LogP contribution in [0, 0.1) is 17.8 Å². The van der Waals surface area contributed by atoms with E-state index in [1.165, 1.54) is 29.2 Å². The van der Waals surface area contributed by atoms with Crippen molar-refractivity contribution in [3.63, 3.8) is 0 Å². The number of nitrogens with one attached hydrogen (secondary N) is 1. The molecule has 2 aromatic carbocycles. The number of benzene rings is 2. The number of anilines is 1. The topological polar surface area (TPSA) is 52.6 Å². The van der Waals surface area contributed by atoms with E-state index in [-0.39, 0.29) is 5.91 Å². The fraction of sp³-hybridized carbons (Fsp3) is 0.375. The number of carbonyl (C=O) groups is 1. The summed E-state index contributed by atoms with van der Waals surface area (Å²) in [4.78, 5) is 13.6. The minimum atomic E-state index is -0.869. The molecule has 4 heteroatoms. The van der Waals surface area contributed by atoms with Crippen molar-refractivity contribution < 1.29 is 9.90 Å². The summed E-state index contributed by atoms with van der Waals surface area (Å²) in [7, 11) is 0. The second-order valence-electron chi connectivity index (χ2n) is 8.33. The van der Waals surface area contributed by atoms with Gasteiger partial charge in [-0.05, 0) is 78.9 Å². The molecule has 2 N–H and O–H groups in total. The van der Waals surface area contributed by atoms with E-state index in [0.29, 0.717) is 12.5 Å². The van der Waals surface area contributed by atoms with Gasteiger partial charge in [-0.1, -0.05) is 24.0 Å². The molecule has 3 fully saturated rings. The predicted molar refractivity (Wildman–Crippen MR) is 110 cm³/mol.